The number of amides is 2. The standard InChI is InChI=1S/C23H18N2O3S2/c1-14-7-10-17(11-8-14)30-20-12-9-16(28-20)13-18-21(26)24-23(29)25(22(18)27)19-6-4-3-5-15(19)2/h3-13H,1-2H3,(H,24,26,29)/b18-13+. The zero-order chi connectivity index (χ0) is 21.3. The molecular weight excluding hydrogens is 416 g/mol. The van der Waals surface area contributed by atoms with E-state index in [0.717, 1.165) is 10.5 Å². The molecule has 1 fully saturated rings. The number of thiocarbonyl (C=S) groups is 1. The summed E-state index contributed by atoms with van der Waals surface area (Å²) in [6.45, 7) is 3.91. The largest absolute Gasteiger partial charge is 0.450 e. The monoisotopic (exact) mass is 434 g/mol. The van der Waals surface area contributed by atoms with Crippen molar-refractivity contribution in [3.63, 3.8) is 0 Å². The summed E-state index contributed by atoms with van der Waals surface area (Å²) >= 11 is 6.71. The molecule has 30 heavy (non-hydrogen) atoms. The summed E-state index contributed by atoms with van der Waals surface area (Å²) in [5.74, 6) is -0.609. The topological polar surface area (TPSA) is 62.6 Å². The van der Waals surface area contributed by atoms with Crippen LogP contribution in [0.15, 0.2) is 80.6 Å². The minimum atomic E-state index is -0.543. The summed E-state index contributed by atoms with van der Waals surface area (Å²) < 4.78 is 5.81. The van der Waals surface area contributed by atoms with Gasteiger partial charge in [0.15, 0.2) is 10.2 Å². The van der Waals surface area contributed by atoms with Gasteiger partial charge in [-0.1, -0.05) is 47.7 Å². The highest BCUT2D eigenvalue weighted by atomic mass is 32.2. The van der Waals surface area contributed by atoms with Crippen molar-refractivity contribution in [2.75, 3.05) is 4.90 Å². The number of benzene rings is 2. The van der Waals surface area contributed by atoms with Gasteiger partial charge in [-0.15, -0.1) is 0 Å². The van der Waals surface area contributed by atoms with Crippen molar-refractivity contribution in [3.8, 4) is 0 Å². The first kappa shape index (κ1) is 20.1. The molecular formula is C23H18N2O3S2. The molecule has 1 aliphatic heterocycles. The molecule has 2 amide bonds. The molecule has 5 nitrogen and oxygen atoms in total. The normalized spacial score (nSPS) is 15.6. The molecule has 1 saturated heterocycles. The average Bonchev–Trinajstić information content (AvgIpc) is 3.15. The molecule has 2 heterocycles. The summed E-state index contributed by atoms with van der Waals surface area (Å²) in [5, 5.41) is 3.32. The number of nitrogens with one attached hydrogen (secondary N) is 1. The Morgan fingerprint density at radius 3 is 2.47 bits per heavy atom. The third-order valence-electron chi connectivity index (χ3n) is 4.59. The van der Waals surface area contributed by atoms with Crippen molar-refractivity contribution in [3.05, 3.63) is 83.1 Å². The molecule has 1 N–H and O–H groups in total. The summed E-state index contributed by atoms with van der Waals surface area (Å²) in [6, 6.07) is 19.0. The zero-order valence-corrected chi connectivity index (χ0v) is 18.0. The van der Waals surface area contributed by atoms with Gasteiger partial charge in [-0.3, -0.25) is 19.8 Å². The predicted molar refractivity (Wildman–Crippen MR) is 121 cm³/mol. The number of carbonyl (C=O) groups excluding carboxylic acids is 2. The molecule has 2 aromatic carbocycles. The van der Waals surface area contributed by atoms with E-state index in [1.807, 2.05) is 62.4 Å². The molecule has 3 aromatic rings. The second-order valence-electron chi connectivity index (χ2n) is 6.82. The van der Waals surface area contributed by atoms with Crippen LogP contribution in [0.5, 0.6) is 0 Å². The molecule has 0 atom stereocenters. The fourth-order valence-corrected chi connectivity index (χ4v) is 4.07. The van der Waals surface area contributed by atoms with E-state index in [1.165, 1.54) is 28.3 Å². The Balaban J connectivity index is 1.61. The highest BCUT2D eigenvalue weighted by Crippen LogP contribution is 2.31. The molecule has 0 radical (unpaired) electrons. The van der Waals surface area contributed by atoms with Gasteiger partial charge in [-0.05, 0) is 68.0 Å². The number of aryl methyl sites for hydroxylation is 2. The lowest BCUT2D eigenvalue weighted by atomic mass is 10.1. The maximum absolute atomic E-state index is 13.1. The number of carbonyl (C=O) groups is 2. The van der Waals surface area contributed by atoms with Crippen LogP contribution in [0.3, 0.4) is 0 Å². The first-order valence-corrected chi connectivity index (χ1v) is 10.5. The maximum Gasteiger partial charge on any atom is 0.270 e. The van der Waals surface area contributed by atoms with Gasteiger partial charge >= 0.3 is 0 Å². The lowest BCUT2D eigenvalue weighted by Gasteiger charge is -2.29. The van der Waals surface area contributed by atoms with Crippen LogP contribution >= 0.6 is 24.0 Å². The van der Waals surface area contributed by atoms with E-state index in [4.69, 9.17) is 16.6 Å². The third kappa shape index (κ3) is 4.08. The smallest absolute Gasteiger partial charge is 0.270 e. The van der Waals surface area contributed by atoms with Gasteiger partial charge in [0.2, 0.25) is 0 Å². The van der Waals surface area contributed by atoms with Crippen molar-refractivity contribution in [2.45, 2.75) is 23.8 Å². The average molecular weight is 435 g/mol. The van der Waals surface area contributed by atoms with E-state index in [2.05, 4.69) is 5.32 Å². The van der Waals surface area contributed by atoms with Gasteiger partial charge in [0.25, 0.3) is 11.8 Å². The predicted octanol–water partition coefficient (Wildman–Crippen LogP) is 4.88. The molecule has 0 unspecified atom stereocenters. The lowest BCUT2D eigenvalue weighted by molar-refractivity contribution is -0.122. The van der Waals surface area contributed by atoms with Crippen LogP contribution in [-0.2, 0) is 9.59 Å². The van der Waals surface area contributed by atoms with Gasteiger partial charge in [0.05, 0.1) is 5.69 Å². The summed E-state index contributed by atoms with van der Waals surface area (Å²) in [7, 11) is 0. The molecule has 1 aliphatic rings. The number of nitrogens with zero attached hydrogens (tertiary/aromatic N) is 1. The van der Waals surface area contributed by atoms with E-state index in [1.54, 1.807) is 12.1 Å². The van der Waals surface area contributed by atoms with Crippen molar-refractivity contribution >= 4 is 52.7 Å². The Kier molecular flexibility index (Phi) is 5.57. The molecule has 1 aromatic heterocycles. The Labute approximate surface area is 183 Å². The van der Waals surface area contributed by atoms with Crippen LogP contribution in [0.2, 0.25) is 0 Å². The molecule has 0 saturated carbocycles. The van der Waals surface area contributed by atoms with Crippen LogP contribution in [0.1, 0.15) is 16.9 Å². The van der Waals surface area contributed by atoms with E-state index in [-0.39, 0.29) is 10.7 Å². The minimum absolute atomic E-state index is 0.0342. The number of anilines is 1. The summed E-state index contributed by atoms with van der Waals surface area (Å²) in [4.78, 5) is 27.9. The fourth-order valence-electron chi connectivity index (χ4n) is 3.02. The highest BCUT2D eigenvalue weighted by molar-refractivity contribution is 7.99. The van der Waals surface area contributed by atoms with Crippen molar-refractivity contribution in [1.29, 1.82) is 0 Å². The Morgan fingerprint density at radius 1 is 1.00 bits per heavy atom. The molecule has 0 bridgehead atoms. The number of rotatable bonds is 4. The number of hydrogen-bond acceptors (Lipinski definition) is 5. The van der Waals surface area contributed by atoms with Crippen LogP contribution in [0.4, 0.5) is 5.69 Å². The molecule has 7 heteroatoms. The SMILES string of the molecule is Cc1ccc(Sc2ccc(/C=C3\C(=O)NC(=S)N(c4ccccc4C)C3=O)o2)cc1. The van der Waals surface area contributed by atoms with Gasteiger partial charge in [-0.2, -0.15) is 0 Å². The first-order chi connectivity index (χ1) is 14.4. The van der Waals surface area contributed by atoms with Crippen LogP contribution in [0, 0.1) is 13.8 Å². The van der Waals surface area contributed by atoms with Gasteiger partial charge in [0, 0.05) is 4.90 Å². The molecule has 150 valence electrons. The van der Waals surface area contributed by atoms with Crippen molar-refractivity contribution in [1.82, 2.24) is 5.32 Å². The van der Waals surface area contributed by atoms with Gasteiger partial charge in [0.1, 0.15) is 11.3 Å². The van der Waals surface area contributed by atoms with Crippen molar-refractivity contribution < 1.29 is 14.0 Å². The molecule has 0 spiro atoms. The summed E-state index contributed by atoms with van der Waals surface area (Å²) in [5.41, 5.74) is 2.65. The second-order valence-corrected chi connectivity index (χ2v) is 8.28. The summed E-state index contributed by atoms with van der Waals surface area (Å²) in [6.07, 6.45) is 1.45. The van der Waals surface area contributed by atoms with E-state index in [9.17, 15) is 9.59 Å². The number of hydrogen-bond donors (Lipinski definition) is 1. The number of furan rings is 1. The lowest BCUT2D eigenvalue weighted by Crippen LogP contribution is -2.54. The van der Waals surface area contributed by atoms with Gasteiger partial charge < -0.3 is 4.42 Å². The van der Waals surface area contributed by atoms with E-state index in [0.29, 0.717) is 16.5 Å². The maximum atomic E-state index is 13.1. The van der Waals surface area contributed by atoms with E-state index < -0.39 is 11.8 Å². The highest BCUT2D eigenvalue weighted by Gasteiger charge is 2.35. The third-order valence-corrected chi connectivity index (χ3v) is 5.80. The Morgan fingerprint density at radius 2 is 1.73 bits per heavy atom. The zero-order valence-electron chi connectivity index (χ0n) is 16.3. The minimum Gasteiger partial charge on any atom is -0.450 e. The van der Waals surface area contributed by atoms with Crippen LogP contribution in [-0.4, -0.2) is 16.9 Å². The van der Waals surface area contributed by atoms with E-state index >= 15 is 0 Å². The Hall–Kier alpha value is -3.16. The second kappa shape index (κ2) is 8.30. The van der Waals surface area contributed by atoms with Crippen molar-refractivity contribution in [2.24, 2.45) is 0 Å². The fraction of sp³-hybridized carbons (Fsp3) is 0.0870. The first-order valence-electron chi connectivity index (χ1n) is 9.24. The molecule has 0 aliphatic carbocycles. The van der Waals surface area contributed by atoms with Crippen LogP contribution in [0.25, 0.3) is 6.08 Å². The molecule has 4 rings (SSSR count). The van der Waals surface area contributed by atoms with Crippen LogP contribution < -0.4 is 10.2 Å². The number of para-hydroxylation sites is 1. The van der Waals surface area contributed by atoms with Gasteiger partial charge in [-0.25, -0.2) is 0 Å². The quantitative estimate of drug-likeness (QED) is 0.360. The Bertz CT molecular complexity index is 1180.